The number of aliphatic hydroxyl groups excluding tert-OH is 1. The number of hydrogen-bond donors (Lipinski definition) is 1. The summed E-state index contributed by atoms with van der Waals surface area (Å²) in [7, 11) is 0. The lowest BCUT2D eigenvalue weighted by Gasteiger charge is -2.04. The van der Waals surface area contributed by atoms with Gasteiger partial charge in [0, 0.05) is 0 Å². The van der Waals surface area contributed by atoms with E-state index in [4.69, 9.17) is 4.42 Å². The van der Waals surface area contributed by atoms with Gasteiger partial charge in [0.2, 0.25) is 0 Å². The third-order valence-electron chi connectivity index (χ3n) is 2.88. The molecule has 1 N–H and O–H groups in total. The number of rotatable bonds is 9. The minimum atomic E-state index is -0.341. The zero-order chi connectivity index (χ0) is 12.3. The molecule has 0 aliphatic rings. The van der Waals surface area contributed by atoms with Gasteiger partial charge in [0.15, 0.2) is 0 Å². The van der Waals surface area contributed by atoms with E-state index in [0.717, 1.165) is 18.6 Å². The maximum absolute atomic E-state index is 9.72. The third kappa shape index (κ3) is 7.01. The van der Waals surface area contributed by atoms with Crippen LogP contribution in [0.2, 0.25) is 0 Å². The highest BCUT2D eigenvalue weighted by Gasteiger charge is 1.99. The van der Waals surface area contributed by atoms with Crippen LogP contribution in [0.25, 0.3) is 6.08 Å². The molecule has 2 nitrogen and oxygen atoms in total. The second-order valence-electron chi connectivity index (χ2n) is 4.50. The van der Waals surface area contributed by atoms with Crippen LogP contribution in [-0.4, -0.2) is 11.2 Å². The average Bonchev–Trinajstić information content (AvgIpc) is 2.84. The molecule has 0 aromatic carbocycles. The van der Waals surface area contributed by atoms with E-state index < -0.39 is 0 Å². The third-order valence-corrected chi connectivity index (χ3v) is 2.88. The van der Waals surface area contributed by atoms with Gasteiger partial charge in [-0.25, -0.2) is 0 Å². The number of furan rings is 1. The standard InChI is InChI=1S/C15H24O2/c1-2-3-4-5-6-7-9-14(16)11-12-15-10-8-13-17-15/h8,10-14,16H,2-7,9H2,1H3/b12-11+. The predicted molar refractivity (Wildman–Crippen MR) is 71.7 cm³/mol. The van der Waals surface area contributed by atoms with E-state index in [1.807, 2.05) is 24.3 Å². The molecule has 1 aromatic rings. The fourth-order valence-corrected chi connectivity index (χ4v) is 1.82. The lowest BCUT2D eigenvalue weighted by atomic mass is 10.1. The molecule has 0 bridgehead atoms. The molecule has 0 aliphatic heterocycles. The first-order valence-corrected chi connectivity index (χ1v) is 6.72. The van der Waals surface area contributed by atoms with Crippen LogP contribution in [0.15, 0.2) is 28.9 Å². The van der Waals surface area contributed by atoms with Gasteiger partial charge in [0.05, 0.1) is 12.4 Å². The van der Waals surface area contributed by atoms with Crippen molar-refractivity contribution in [3.63, 3.8) is 0 Å². The van der Waals surface area contributed by atoms with Crippen molar-refractivity contribution in [3.8, 4) is 0 Å². The Bertz CT molecular complexity index is 288. The fourth-order valence-electron chi connectivity index (χ4n) is 1.82. The van der Waals surface area contributed by atoms with Crippen molar-refractivity contribution in [1.82, 2.24) is 0 Å². The summed E-state index contributed by atoms with van der Waals surface area (Å²) in [6.45, 7) is 2.23. The number of aliphatic hydroxyl groups is 1. The summed E-state index contributed by atoms with van der Waals surface area (Å²) in [6.07, 6.45) is 13.4. The lowest BCUT2D eigenvalue weighted by molar-refractivity contribution is 0.208. The Morgan fingerprint density at radius 2 is 2.00 bits per heavy atom. The van der Waals surface area contributed by atoms with Gasteiger partial charge in [0.1, 0.15) is 5.76 Å². The zero-order valence-corrected chi connectivity index (χ0v) is 10.8. The van der Waals surface area contributed by atoms with Crippen LogP contribution in [0.3, 0.4) is 0 Å². The van der Waals surface area contributed by atoms with Crippen LogP contribution in [0.1, 0.15) is 57.6 Å². The Morgan fingerprint density at radius 3 is 2.71 bits per heavy atom. The molecule has 0 spiro atoms. The molecule has 1 rings (SSSR count). The highest BCUT2D eigenvalue weighted by Crippen LogP contribution is 2.10. The molecule has 0 fully saturated rings. The minimum absolute atomic E-state index is 0.341. The van der Waals surface area contributed by atoms with Crippen molar-refractivity contribution in [2.75, 3.05) is 0 Å². The molecular formula is C15H24O2. The Balaban J connectivity index is 2.03. The van der Waals surface area contributed by atoms with Crippen LogP contribution >= 0.6 is 0 Å². The van der Waals surface area contributed by atoms with E-state index in [1.54, 1.807) is 6.26 Å². The normalized spacial score (nSPS) is 13.3. The molecule has 0 amide bonds. The summed E-state index contributed by atoms with van der Waals surface area (Å²) in [5.74, 6) is 0.798. The lowest BCUT2D eigenvalue weighted by Crippen LogP contribution is -2.01. The Morgan fingerprint density at radius 1 is 1.24 bits per heavy atom. The second kappa shape index (κ2) is 9.06. The minimum Gasteiger partial charge on any atom is -0.465 e. The van der Waals surface area contributed by atoms with Crippen molar-refractivity contribution in [2.45, 2.75) is 58.0 Å². The smallest absolute Gasteiger partial charge is 0.126 e. The summed E-state index contributed by atoms with van der Waals surface area (Å²) in [5.41, 5.74) is 0. The molecule has 0 saturated heterocycles. The van der Waals surface area contributed by atoms with Crippen molar-refractivity contribution in [2.24, 2.45) is 0 Å². The Kier molecular flexibility index (Phi) is 7.48. The van der Waals surface area contributed by atoms with Gasteiger partial charge in [-0.2, -0.15) is 0 Å². The largest absolute Gasteiger partial charge is 0.465 e. The van der Waals surface area contributed by atoms with Gasteiger partial charge in [-0.1, -0.05) is 51.5 Å². The summed E-state index contributed by atoms with van der Waals surface area (Å²) in [5, 5.41) is 9.72. The van der Waals surface area contributed by atoms with E-state index in [2.05, 4.69) is 6.92 Å². The van der Waals surface area contributed by atoms with Crippen molar-refractivity contribution >= 4 is 6.08 Å². The van der Waals surface area contributed by atoms with E-state index in [0.29, 0.717) is 0 Å². The fraction of sp³-hybridized carbons (Fsp3) is 0.600. The van der Waals surface area contributed by atoms with Crippen molar-refractivity contribution < 1.29 is 9.52 Å². The highest BCUT2D eigenvalue weighted by molar-refractivity contribution is 5.42. The first-order valence-electron chi connectivity index (χ1n) is 6.72. The number of hydrogen-bond acceptors (Lipinski definition) is 2. The van der Waals surface area contributed by atoms with Crippen molar-refractivity contribution in [1.29, 1.82) is 0 Å². The number of unbranched alkanes of at least 4 members (excludes halogenated alkanes) is 5. The monoisotopic (exact) mass is 236 g/mol. The van der Waals surface area contributed by atoms with Gasteiger partial charge in [0.25, 0.3) is 0 Å². The Hall–Kier alpha value is -1.02. The first kappa shape index (κ1) is 14.0. The maximum atomic E-state index is 9.72. The van der Waals surface area contributed by atoms with Gasteiger partial charge in [-0.15, -0.1) is 0 Å². The molecule has 1 aromatic heterocycles. The van der Waals surface area contributed by atoms with Crippen molar-refractivity contribution in [3.05, 3.63) is 30.2 Å². The van der Waals surface area contributed by atoms with Gasteiger partial charge < -0.3 is 9.52 Å². The molecule has 1 heterocycles. The molecule has 0 saturated carbocycles. The quantitative estimate of drug-likeness (QED) is 0.644. The average molecular weight is 236 g/mol. The summed E-state index contributed by atoms with van der Waals surface area (Å²) >= 11 is 0. The summed E-state index contributed by atoms with van der Waals surface area (Å²) < 4.78 is 5.16. The van der Waals surface area contributed by atoms with Crippen LogP contribution in [0.5, 0.6) is 0 Å². The zero-order valence-electron chi connectivity index (χ0n) is 10.8. The molecule has 2 heteroatoms. The van der Waals surface area contributed by atoms with E-state index in [9.17, 15) is 5.11 Å². The molecule has 1 unspecified atom stereocenters. The maximum Gasteiger partial charge on any atom is 0.126 e. The second-order valence-corrected chi connectivity index (χ2v) is 4.50. The molecule has 0 radical (unpaired) electrons. The van der Waals surface area contributed by atoms with Gasteiger partial charge in [-0.05, 0) is 24.6 Å². The van der Waals surface area contributed by atoms with Gasteiger partial charge >= 0.3 is 0 Å². The highest BCUT2D eigenvalue weighted by atomic mass is 16.3. The summed E-state index contributed by atoms with van der Waals surface area (Å²) in [6, 6.07) is 3.73. The Labute approximate surface area is 104 Å². The van der Waals surface area contributed by atoms with Crippen LogP contribution < -0.4 is 0 Å². The van der Waals surface area contributed by atoms with E-state index in [1.165, 1.54) is 32.1 Å². The van der Waals surface area contributed by atoms with E-state index >= 15 is 0 Å². The van der Waals surface area contributed by atoms with Gasteiger partial charge in [-0.3, -0.25) is 0 Å². The van der Waals surface area contributed by atoms with Crippen LogP contribution in [0.4, 0.5) is 0 Å². The van der Waals surface area contributed by atoms with Crippen LogP contribution in [0, 0.1) is 0 Å². The molecule has 0 aliphatic carbocycles. The topological polar surface area (TPSA) is 33.4 Å². The SMILES string of the molecule is CCCCCCCCC(O)/C=C/c1ccco1. The van der Waals surface area contributed by atoms with E-state index in [-0.39, 0.29) is 6.10 Å². The predicted octanol–water partition coefficient (Wildman–Crippen LogP) is 4.40. The molecule has 1 atom stereocenters. The molecular weight excluding hydrogens is 212 g/mol. The summed E-state index contributed by atoms with van der Waals surface area (Å²) in [4.78, 5) is 0. The van der Waals surface area contributed by atoms with Crippen LogP contribution in [-0.2, 0) is 0 Å². The molecule has 17 heavy (non-hydrogen) atoms. The molecule has 96 valence electrons. The first-order chi connectivity index (χ1) is 8.33.